The summed E-state index contributed by atoms with van der Waals surface area (Å²) in [4.78, 5) is 6.80. The van der Waals surface area contributed by atoms with Crippen molar-refractivity contribution in [2.45, 2.75) is 32.9 Å². The van der Waals surface area contributed by atoms with Gasteiger partial charge in [-0.05, 0) is 38.3 Å². The number of hydrogen-bond acceptors (Lipinski definition) is 4. The van der Waals surface area contributed by atoms with E-state index < -0.39 is 0 Å². The molecule has 0 fully saturated rings. The van der Waals surface area contributed by atoms with Gasteiger partial charge in [-0.2, -0.15) is 11.8 Å². The van der Waals surface area contributed by atoms with E-state index in [1.165, 1.54) is 11.3 Å². The monoisotopic (exact) mass is 267 g/mol. The highest BCUT2D eigenvalue weighted by Gasteiger charge is 2.08. The first-order valence-corrected chi connectivity index (χ1v) is 7.94. The van der Waals surface area contributed by atoms with Crippen molar-refractivity contribution in [3.05, 3.63) is 23.9 Å². The Morgan fingerprint density at radius 1 is 1.44 bits per heavy atom. The second kappa shape index (κ2) is 8.38. The first-order valence-electron chi connectivity index (χ1n) is 6.55. The fourth-order valence-corrected chi connectivity index (χ4v) is 2.42. The van der Waals surface area contributed by atoms with Crippen LogP contribution in [0.2, 0.25) is 0 Å². The molecule has 0 aliphatic heterocycles. The Morgan fingerprint density at radius 2 is 2.22 bits per heavy atom. The van der Waals surface area contributed by atoms with Crippen LogP contribution in [0.3, 0.4) is 0 Å². The van der Waals surface area contributed by atoms with Gasteiger partial charge in [-0.1, -0.05) is 13.0 Å². The summed E-state index contributed by atoms with van der Waals surface area (Å²) in [6.45, 7) is 6.37. The third-order valence-corrected chi connectivity index (χ3v) is 3.79. The number of hydrogen-bond donors (Lipinski definition) is 1. The largest absolute Gasteiger partial charge is 0.370 e. The van der Waals surface area contributed by atoms with Crippen molar-refractivity contribution in [1.29, 1.82) is 0 Å². The Kier molecular flexibility index (Phi) is 7.13. The van der Waals surface area contributed by atoms with Crippen molar-refractivity contribution in [1.82, 2.24) is 9.88 Å². The van der Waals surface area contributed by atoms with Crippen LogP contribution in [0.25, 0.3) is 0 Å². The maximum atomic E-state index is 4.43. The molecular formula is C14H25N3S. The van der Waals surface area contributed by atoms with Crippen LogP contribution in [0.1, 0.15) is 25.8 Å². The van der Waals surface area contributed by atoms with E-state index >= 15 is 0 Å². The Bertz CT molecular complexity index is 326. The summed E-state index contributed by atoms with van der Waals surface area (Å²) in [6.07, 6.45) is 5.25. The van der Waals surface area contributed by atoms with Crippen LogP contribution in [0.15, 0.2) is 18.3 Å². The molecule has 0 amide bonds. The van der Waals surface area contributed by atoms with Crippen molar-refractivity contribution in [3.63, 3.8) is 0 Å². The van der Waals surface area contributed by atoms with E-state index in [0.717, 1.165) is 25.3 Å². The zero-order valence-corrected chi connectivity index (χ0v) is 12.8. The normalized spacial score (nSPS) is 12.7. The third kappa shape index (κ3) is 5.27. The first kappa shape index (κ1) is 15.3. The minimum atomic E-state index is 0.595. The lowest BCUT2D eigenvalue weighted by Crippen LogP contribution is -2.30. The van der Waals surface area contributed by atoms with E-state index in [0.29, 0.717) is 6.04 Å². The van der Waals surface area contributed by atoms with E-state index in [2.05, 4.69) is 54.5 Å². The molecule has 1 N–H and O–H groups in total. The molecule has 1 heterocycles. The summed E-state index contributed by atoms with van der Waals surface area (Å²) in [6, 6.07) is 4.82. The molecule has 0 bridgehead atoms. The van der Waals surface area contributed by atoms with Gasteiger partial charge >= 0.3 is 0 Å². The Labute approximate surface area is 115 Å². The summed E-state index contributed by atoms with van der Waals surface area (Å²) >= 11 is 1.89. The summed E-state index contributed by atoms with van der Waals surface area (Å²) in [5.74, 6) is 2.14. The molecule has 0 radical (unpaired) electrons. The number of anilines is 1. The van der Waals surface area contributed by atoms with E-state index in [1.807, 2.05) is 18.0 Å². The van der Waals surface area contributed by atoms with Gasteiger partial charge in [0, 0.05) is 31.1 Å². The number of nitrogens with zero attached hydrogens (tertiary/aromatic N) is 2. The number of nitrogens with one attached hydrogen (secondary N) is 1. The molecule has 1 rings (SSSR count). The number of pyridine rings is 1. The van der Waals surface area contributed by atoms with Gasteiger partial charge in [0.25, 0.3) is 0 Å². The average molecular weight is 267 g/mol. The molecule has 1 unspecified atom stereocenters. The molecule has 102 valence electrons. The van der Waals surface area contributed by atoms with Crippen molar-refractivity contribution in [2.75, 3.05) is 30.9 Å². The predicted octanol–water partition coefficient (Wildman–Crippen LogP) is 3.09. The molecule has 1 aromatic heterocycles. The summed E-state index contributed by atoms with van der Waals surface area (Å²) in [7, 11) is 2.17. The van der Waals surface area contributed by atoms with Crippen LogP contribution < -0.4 is 5.32 Å². The molecule has 0 saturated carbocycles. The van der Waals surface area contributed by atoms with E-state index in [9.17, 15) is 0 Å². The molecule has 1 aromatic rings. The number of aromatic nitrogens is 1. The molecule has 3 nitrogen and oxygen atoms in total. The average Bonchev–Trinajstić information content (AvgIpc) is 2.38. The second-order valence-electron chi connectivity index (χ2n) is 4.70. The van der Waals surface area contributed by atoms with Crippen molar-refractivity contribution >= 4 is 17.6 Å². The molecule has 0 aromatic carbocycles. The highest BCUT2D eigenvalue weighted by Crippen LogP contribution is 2.10. The molecular weight excluding hydrogens is 242 g/mol. The lowest BCUT2D eigenvalue weighted by atomic mass is 10.2. The van der Waals surface area contributed by atoms with Gasteiger partial charge in [0.2, 0.25) is 0 Å². The van der Waals surface area contributed by atoms with Gasteiger partial charge in [-0.25, -0.2) is 4.98 Å². The topological polar surface area (TPSA) is 28.2 Å². The van der Waals surface area contributed by atoms with Crippen LogP contribution in [-0.2, 0) is 6.54 Å². The predicted molar refractivity (Wildman–Crippen MR) is 82.3 cm³/mol. The van der Waals surface area contributed by atoms with Crippen LogP contribution in [-0.4, -0.2) is 41.5 Å². The molecule has 0 aliphatic rings. The molecule has 0 spiro atoms. The molecule has 4 heteroatoms. The van der Waals surface area contributed by atoms with Gasteiger partial charge in [-0.3, -0.25) is 4.90 Å². The molecule has 1 atom stereocenters. The van der Waals surface area contributed by atoms with Gasteiger partial charge in [0.05, 0.1) is 0 Å². The van der Waals surface area contributed by atoms with Crippen molar-refractivity contribution in [3.8, 4) is 0 Å². The van der Waals surface area contributed by atoms with Crippen LogP contribution in [0.4, 0.5) is 5.82 Å². The lowest BCUT2D eigenvalue weighted by Gasteiger charge is -2.23. The minimum absolute atomic E-state index is 0.595. The smallest absolute Gasteiger partial charge is 0.125 e. The Balaban J connectivity index is 2.47. The lowest BCUT2D eigenvalue weighted by molar-refractivity contribution is 0.269. The first-order chi connectivity index (χ1) is 8.67. The second-order valence-corrected chi connectivity index (χ2v) is 5.61. The van der Waals surface area contributed by atoms with Gasteiger partial charge in [-0.15, -0.1) is 0 Å². The number of thioether (sulfide) groups is 1. The van der Waals surface area contributed by atoms with Gasteiger partial charge < -0.3 is 5.32 Å². The fourth-order valence-electron chi connectivity index (χ4n) is 1.69. The molecule has 18 heavy (non-hydrogen) atoms. The maximum absolute atomic E-state index is 4.43. The number of rotatable bonds is 8. The van der Waals surface area contributed by atoms with Gasteiger partial charge in [0.1, 0.15) is 5.82 Å². The minimum Gasteiger partial charge on any atom is -0.370 e. The Morgan fingerprint density at radius 3 is 2.78 bits per heavy atom. The quantitative estimate of drug-likeness (QED) is 0.783. The fraction of sp³-hybridized carbons (Fsp3) is 0.643. The SMILES string of the molecule is CCCNc1ccc(CN(C)C(C)CSC)cn1. The van der Waals surface area contributed by atoms with E-state index in [4.69, 9.17) is 0 Å². The zero-order chi connectivity index (χ0) is 13.4. The highest BCUT2D eigenvalue weighted by molar-refractivity contribution is 7.98. The van der Waals surface area contributed by atoms with E-state index in [-0.39, 0.29) is 0 Å². The Hall–Kier alpha value is -0.740. The summed E-state index contributed by atoms with van der Waals surface area (Å²) < 4.78 is 0. The maximum Gasteiger partial charge on any atom is 0.125 e. The highest BCUT2D eigenvalue weighted by atomic mass is 32.2. The van der Waals surface area contributed by atoms with Crippen molar-refractivity contribution in [2.24, 2.45) is 0 Å². The zero-order valence-electron chi connectivity index (χ0n) is 11.9. The standard InChI is InChI=1S/C14H25N3S/c1-5-8-15-14-7-6-13(9-16-14)10-17(3)12(2)11-18-4/h6-7,9,12H,5,8,10-11H2,1-4H3,(H,15,16). The van der Waals surface area contributed by atoms with Crippen molar-refractivity contribution < 1.29 is 0 Å². The van der Waals surface area contributed by atoms with Gasteiger partial charge in [0.15, 0.2) is 0 Å². The molecule has 0 saturated heterocycles. The van der Waals surface area contributed by atoms with Crippen LogP contribution >= 0.6 is 11.8 Å². The van der Waals surface area contributed by atoms with Crippen LogP contribution in [0.5, 0.6) is 0 Å². The third-order valence-electron chi connectivity index (χ3n) is 2.97. The molecule has 0 aliphatic carbocycles. The summed E-state index contributed by atoms with van der Waals surface area (Å²) in [5.41, 5.74) is 1.27. The van der Waals surface area contributed by atoms with Crippen LogP contribution in [0, 0.1) is 0 Å². The van der Waals surface area contributed by atoms with E-state index in [1.54, 1.807) is 0 Å². The summed E-state index contributed by atoms with van der Waals surface area (Å²) in [5, 5.41) is 3.29.